The van der Waals surface area contributed by atoms with Crippen LogP contribution in [0, 0.1) is 11.6 Å². The van der Waals surface area contributed by atoms with Crippen LogP contribution in [0.1, 0.15) is 11.4 Å². The van der Waals surface area contributed by atoms with Gasteiger partial charge in [-0.2, -0.15) is 0 Å². The van der Waals surface area contributed by atoms with E-state index in [1.165, 1.54) is 6.07 Å². The molecule has 0 radical (unpaired) electrons. The fourth-order valence-electron chi connectivity index (χ4n) is 2.92. The quantitative estimate of drug-likeness (QED) is 0.403. The Labute approximate surface area is 169 Å². The van der Waals surface area contributed by atoms with Crippen molar-refractivity contribution in [3.8, 4) is 5.75 Å². The molecular weight excluding hydrogens is 394 g/mol. The van der Waals surface area contributed by atoms with Gasteiger partial charge in [-0.1, -0.05) is 31.8 Å². The predicted molar refractivity (Wildman–Crippen MR) is 110 cm³/mol. The van der Waals surface area contributed by atoms with Crippen LogP contribution in [0.3, 0.4) is 0 Å². The van der Waals surface area contributed by atoms with Gasteiger partial charge < -0.3 is 19.1 Å². The zero-order valence-electron chi connectivity index (χ0n) is 16.9. The summed E-state index contributed by atoms with van der Waals surface area (Å²) in [6.45, 7) is 7.67. The maximum Gasteiger partial charge on any atom is 0.167 e. The number of fused-ring (bicyclic) bond motifs is 1. The number of imidazole rings is 1. The molecule has 1 heterocycles. The summed E-state index contributed by atoms with van der Waals surface area (Å²) in [6.07, 6.45) is 0. The molecule has 0 fully saturated rings. The lowest BCUT2D eigenvalue weighted by molar-refractivity contribution is 0.0845. The number of rotatable bonds is 9. The monoisotopic (exact) mass is 420 g/mol. The van der Waals surface area contributed by atoms with E-state index in [-0.39, 0.29) is 19.0 Å². The maximum absolute atomic E-state index is 13.8. The molecule has 0 aliphatic heterocycles. The molecule has 0 aliphatic carbocycles. The minimum atomic E-state index is -1.18. The first-order chi connectivity index (χ1) is 13.8. The lowest BCUT2D eigenvalue weighted by Crippen LogP contribution is -2.22. The first-order valence-corrected chi connectivity index (χ1v) is 13.2. The van der Waals surface area contributed by atoms with E-state index < -0.39 is 19.7 Å². The minimum Gasteiger partial charge on any atom is -0.486 e. The molecule has 5 nitrogen and oxygen atoms in total. The Balaban J connectivity index is 1.78. The Morgan fingerprint density at radius 1 is 1.14 bits per heavy atom. The summed E-state index contributed by atoms with van der Waals surface area (Å²) in [5.74, 6) is -0.944. The molecule has 0 bridgehead atoms. The van der Waals surface area contributed by atoms with Gasteiger partial charge in [0.15, 0.2) is 11.6 Å². The maximum atomic E-state index is 13.8. The van der Waals surface area contributed by atoms with Crippen molar-refractivity contribution < 1.29 is 23.4 Å². The summed E-state index contributed by atoms with van der Waals surface area (Å²) < 4.78 is 40.1. The van der Waals surface area contributed by atoms with E-state index in [4.69, 9.17) is 9.47 Å². The molecule has 0 saturated heterocycles. The highest BCUT2D eigenvalue weighted by Crippen LogP contribution is 2.24. The van der Waals surface area contributed by atoms with Gasteiger partial charge in [0, 0.05) is 26.3 Å². The van der Waals surface area contributed by atoms with Crippen molar-refractivity contribution in [1.82, 2.24) is 9.55 Å². The van der Waals surface area contributed by atoms with Crippen molar-refractivity contribution in [2.24, 2.45) is 0 Å². The molecule has 0 amide bonds. The third-order valence-electron chi connectivity index (χ3n) is 4.58. The molecule has 0 saturated carbocycles. The Bertz CT molecular complexity index is 986. The molecule has 29 heavy (non-hydrogen) atoms. The summed E-state index contributed by atoms with van der Waals surface area (Å²) in [7, 11) is -1.18. The first kappa shape index (κ1) is 21.4. The van der Waals surface area contributed by atoms with E-state index in [0.717, 1.165) is 29.3 Å². The second-order valence-corrected chi connectivity index (χ2v) is 13.7. The zero-order valence-corrected chi connectivity index (χ0v) is 17.9. The van der Waals surface area contributed by atoms with Gasteiger partial charge in [-0.3, -0.25) is 0 Å². The van der Waals surface area contributed by atoms with Crippen molar-refractivity contribution in [1.29, 1.82) is 0 Å². The average molecular weight is 421 g/mol. The Morgan fingerprint density at radius 3 is 2.62 bits per heavy atom. The van der Waals surface area contributed by atoms with Crippen LogP contribution in [-0.2, 0) is 24.7 Å². The van der Waals surface area contributed by atoms with Crippen molar-refractivity contribution >= 4 is 19.1 Å². The second kappa shape index (κ2) is 9.02. The molecule has 2 aromatic carbocycles. The van der Waals surface area contributed by atoms with E-state index in [1.807, 2.05) is 22.8 Å². The van der Waals surface area contributed by atoms with Crippen molar-refractivity contribution in [2.45, 2.75) is 45.6 Å². The summed E-state index contributed by atoms with van der Waals surface area (Å²) in [6, 6.07) is 9.82. The van der Waals surface area contributed by atoms with E-state index in [9.17, 15) is 13.9 Å². The Hall–Kier alpha value is -2.29. The number of benzene rings is 2. The number of halogens is 2. The third kappa shape index (κ3) is 5.40. The van der Waals surface area contributed by atoms with Crippen LogP contribution in [0.15, 0.2) is 36.4 Å². The normalized spacial score (nSPS) is 11.9. The van der Waals surface area contributed by atoms with Crippen LogP contribution < -0.4 is 4.74 Å². The van der Waals surface area contributed by atoms with Crippen LogP contribution >= 0.6 is 0 Å². The van der Waals surface area contributed by atoms with E-state index >= 15 is 0 Å². The fraction of sp³-hybridized carbons (Fsp3) is 0.381. The highest BCUT2D eigenvalue weighted by atomic mass is 28.3. The number of para-hydroxylation sites is 1. The van der Waals surface area contributed by atoms with Crippen molar-refractivity contribution in [3.05, 3.63) is 59.4 Å². The lowest BCUT2D eigenvalue weighted by Gasteiger charge is -2.16. The zero-order chi connectivity index (χ0) is 21.0. The summed E-state index contributed by atoms with van der Waals surface area (Å²) in [5.41, 5.74) is 2.21. The van der Waals surface area contributed by atoms with Crippen LogP contribution in [0.2, 0.25) is 25.7 Å². The molecule has 8 heteroatoms. The van der Waals surface area contributed by atoms with Crippen LogP contribution in [0.4, 0.5) is 8.78 Å². The van der Waals surface area contributed by atoms with Crippen LogP contribution in [0.5, 0.6) is 5.75 Å². The molecule has 0 unspecified atom stereocenters. The van der Waals surface area contributed by atoms with Gasteiger partial charge in [0.1, 0.15) is 31.6 Å². The molecule has 0 atom stereocenters. The summed E-state index contributed by atoms with van der Waals surface area (Å²) in [4.78, 5) is 4.52. The van der Waals surface area contributed by atoms with Gasteiger partial charge in [0.2, 0.25) is 0 Å². The standard InChI is InChI=1S/C21H26F2N2O3Si/c1-29(2,3)10-9-27-14-25-18-6-4-5-15(21(18)24-20(25)12-26)13-28-19-8-7-16(22)11-17(19)23/h4-8,11,26H,9-10,12-14H2,1-3H3. The number of nitrogens with zero attached hydrogens (tertiary/aromatic N) is 2. The number of hydrogen-bond donors (Lipinski definition) is 1. The molecule has 3 rings (SSSR count). The van der Waals surface area contributed by atoms with Gasteiger partial charge in [-0.25, -0.2) is 13.8 Å². The van der Waals surface area contributed by atoms with Crippen LogP contribution in [-0.4, -0.2) is 29.3 Å². The van der Waals surface area contributed by atoms with Crippen molar-refractivity contribution in [2.75, 3.05) is 6.61 Å². The summed E-state index contributed by atoms with van der Waals surface area (Å²) >= 11 is 0. The molecule has 3 aromatic rings. The van der Waals surface area contributed by atoms with E-state index in [0.29, 0.717) is 24.7 Å². The highest BCUT2D eigenvalue weighted by Gasteiger charge is 2.16. The number of aromatic nitrogens is 2. The molecular formula is C21H26F2N2O3Si. The highest BCUT2D eigenvalue weighted by molar-refractivity contribution is 6.76. The van der Waals surface area contributed by atoms with Gasteiger partial charge in [0.25, 0.3) is 0 Å². The van der Waals surface area contributed by atoms with Crippen molar-refractivity contribution in [3.63, 3.8) is 0 Å². The van der Waals surface area contributed by atoms with Gasteiger partial charge in [-0.05, 0) is 24.2 Å². The lowest BCUT2D eigenvalue weighted by atomic mass is 10.2. The molecule has 0 aliphatic rings. The molecule has 0 spiro atoms. The van der Waals surface area contributed by atoms with Gasteiger partial charge >= 0.3 is 0 Å². The first-order valence-electron chi connectivity index (χ1n) is 9.52. The van der Waals surface area contributed by atoms with E-state index in [1.54, 1.807) is 0 Å². The molecule has 1 aromatic heterocycles. The smallest absolute Gasteiger partial charge is 0.167 e. The Kier molecular flexibility index (Phi) is 6.66. The van der Waals surface area contributed by atoms with E-state index in [2.05, 4.69) is 24.6 Å². The largest absolute Gasteiger partial charge is 0.486 e. The summed E-state index contributed by atoms with van der Waals surface area (Å²) in [5, 5.41) is 9.72. The molecule has 1 N–H and O–H groups in total. The number of aliphatic hydroxyl groups excluding tert-OH is 1. The number of aliphatic hydroxyl groups is 1. The number of ether oxygens (including phenoxy) is 2. The average Bonchev–Trinajstić information content (AvgIpc) is 3.02. The topological polar surface area (TPSA) is 56.5 Å². The minimum absolute atomic E-state index is 0.0279. The van der Waals surface area contributed by atoms with Crippen LogP contribution in [0.25, 0.3) is 11.0 Å². The predicted octanol–water partition coefficient (Wildman–Crippen LogP) is 4.70. The molecule has 156 valence electrons. The number of hydrogen-bond acceptors (Lipinski definition) is 4. The SMILES string of the molecule is C[Si](C)(C)CCOCn1c(CO)nc2c(COc3ccc(F)cc3F)cccc21. The van der Waals surface area contributed by atoms with Gasteiger partial charge in [0.05, 0.1) is 11.0 Å². The fourth-order valence-corrected chi connectivity index (χ4v) is 3.67. The second-order valence-electron chi connectivity index (χ2n) is 8.11. The van der Waals surface area contributed by atoms with Gasteiger partial charge in [-0.15, -0.1) is 0 Å². The Morgan fingerprint density at radius 2 is 1.93 bits per heavy atom. The third-order valence-corrected chi connectivity index (χ3v) is 6.28.